The van der Waals surface area contributed by atoms with Crippen molar-refractivity contribution in [2.24, 2.45) is 11.8 Å². The number of carbonyl (C=O) groups is 2. The van der Waals surface area contributed by atoms with Crippen LogP contribution in [-0.2, 0) is 30.1 Å². The SMILES string of the molecule is CCOC(=O)C1CCN(C(=O)C2CCN(S(=O)(=O)Cc3cccc(C)c3)CC2)CC1. The van der Waals surface area contributed by atoms with E-state index in [4.69, 9.17) is 4.74 Å². The molecule has 166 valence electrons. The zero-order chi connectivity index (χ0) is 21.7. The van der Waals surface area contributed by atoms with Crippen molar-refractivity contribution < 1.29 is 22.7 Å². The minimum atomic E-state index is -3.39. The first-order valence-electron chi connectivity index (χ1n) is 10.8. The quantitative estimate of drug-likeness (QED) is 0.639. The van der Waals surface area contributed by atoms with Gasteiger partial charge in [-0.1, -0.05) is 29.8 Å². The van der Waals surface area contributed by atoms with Crippen molar-refractivity contribution in [1.29, 1.82) is 0 Å². The molecular formula is C22H32N2O5S. The van der Waals surface area contributed by atoms with E-state index in [9.17, 15) is 18.0 Å². The van der Waals surface area contributed by atoms with E-state index >= 15 is 0 Å². The molecule has 2 aliphatic heterocycles. The number of nitrogens with zero attached hydrogens (tertiary/aromatic N) is 2. The predicted octanol–water partition coefficient (Wildman–Crippen LogP) is 2.34. The lowest BCUT2D eigenvalue weighted by Gasteiger charge is -2.36. The number of piperidine rings is 2. The van der Waals surface area contributed by atoms with Crippen LogP contribution in [0.25, 0.3) is 0 Å². The van der Waals surface area contributed by atoms with Gasteiger partial charge in [-0.05, 0) is 45.1 Å². The number of hydrogen-bond acceptors (Lipinski definition) is 5. The summed E-state index contributed by atoms with van der Waals surface area (Å²) in [6, 6.07) is 7.55. The summed E-state index contributed by atoms with van der Waals surface area (Å²) in [5.41, 5.74) is 1.83. The van der Waals surface area contributed by atoms with Crippen molar-refractivity contribution >= 4 is 21.9 Å². The Balaban J connectivity index is 1.49. The molecule has 1 aromatic rings. The van der Waals surface area contributed by atoms with Gasteiger partial charge < -0.3 is 9.64 Å². The second-order valence-corrected chi connectivity index (χ2v) is 10.2. The Morgan fingerprint density at radius 1 is 1.03 bits per heavy atom. The second kappa shape index (κ2) is 9.92. The van der Waals surface area contributed by atoms with Crippen LogP contribution in [0.5, 0.6) is 0 Å². The largest absolute Gasteiger partial charge is 0.466 e. The Kier molecular flexibility index (Phi) is 7.52. The molecule has 2 heterocycles. The number of rotatable bonds is 6. The van der Waals surface area contributed by atoms with Gasteiger partial charge in [0.25, 0.3) is 0 Å². The highest BCUT2D eigenvalue weighted by atomic mass is 32.2. The summed E-state index contributed by atoms with van der Waals surface area (Å²) < 4.78 is 32.2. The summed E-state index contributed by atoms with van der Waals surface area (Å²) >= 11 is 0. The average molecular weight is 437 g/mol. The van der Waals surface area contributed by atoms with Gasteiger partial charge in [-0.15, -0.1) is 0 Å². The maximum absolute atomic E-state index is 12.9. The maximum Gasteiger partial charge on any atom is 0.309 e. The fourth-order valence-electron chi connectivity index (χ4n) is 4.34. The summed E-state index contributed by atoms with van der Waals surface area (Å²) in [6.07, 6.45) is 2.36. The number of likely N-dealkylation sites (tertiary alicyclic amines) is 1. The number of ether oxygens (including phenoxy) is 1. The molecule has 3 rings (SSSR count). The van der Waals surface area contributed by atoms with Gasteiger partial charge in [0.15, 0.2) is 0 Å². The van der Waals surface area contributed by atoms with Gasteiger partial charge in [0.2, 0.25) is 15.9 Å². The molecule has 30 heavy (non-hydrogen) atoms. The van der Waals surface area contributed by atoms with E-state index in [0.29, 0.717) is 58.5 Å². The van der Waals surface area contributed by atoms with Crippen LogP contribution in [0.1, 0.15) is 43.7 Å². The Morgan fingerprint density at radius 3 is 2.27 bits per heavy atom. The fraction of sp³-hybridized carbons (Fsp3) is 0.636. The van der Waals surface area contributed by atoms with E-state index in [0.717, 1.165) is 11.1 Å². The number of amides is 1. The summed E-state index contributed by atoms with van der Waals surface area (Å²) in [5, 5.41) is 0. The molecule has 0 saturated carbocycles. The van der Waals surface area contributed by atoms with Gasteiger partial charge in [-0.25, -0.2) is 12.7 Å². The van der Waals surface area contributed by atoms with E-state index in [2.05, 4.69) is 0 Å². The molecular weight excluding hydrogens is 404 g/mol. The first-order chi connectivity index (χ1) is 14.3. The predicted molar refractivity (Wildman–Crippen MR) is 114 cm³/mol. The van der Waals surface area contributed by atoms with Gasteiger partial charge in [-0.3, -0.25) is 9.59 Å². The zero-order valence-corrected chi connectivity index (χ0v) is 18.7. The molecule has 0 N–H and O–H groups in total. The minimum Gasteiger partial charge on any atom is -0.466 e. The molecule has 0 aromatic heterocycles. The van der Waals surface area contributed by atoms with Crippen LogP contribution in [-0.4, -0.2) is 62.3 Å². The molecule has 0 bridgehead atoms. The Hall–Kier alpha value is -1.93. The highest BCUT2D eigenvalue weighted by molar-refractivity contribution is 7.88. The van der Waals surface area contributed by atoms with Crippen molar-refractivity contribution in [3.05, 3.63) is 35.4 Å². The van der Waals surface area contributed by atoms with Crippen LogP contribution >= 0.6 is 0 Å². The van der Waals surface area contributed by atoms with Crippen molar-refractivity contribution in [3.8, 4) is 0 Å². The normalized spacial score (nSPS) is 19.6. The first-order valence-corrected chi connectivity index (χ1v) is 12.4. The average Bonchev–Trinajstić information content (AvgIpc) is 2.73. The van der Waals surface area contributed by atoms with Crippen LogP contribution in [0, 0.1) is 18.8 Å². The van der Waals surface area contributed by atoms with Gasteiger partial charge in [0.1, 0.15) is 0 Å². The molecule has 0 spiro atoms. The third kappa shape index (κ3) is 5.60. The fourth-order valence-corrected chi connectivity index (χ4v) is 5.89. The Bertz CT molecular complexity index is 854. The molecule has 1 amide bonds. The number of esters is 1. The molecule has 1 aromatic carbocycles. The highest BCUT2D eigenvalue weighted by Gasteiger charge is 2.35. The van der Waals surface area contributed by atoms with Crippen molar-refractivity contribution in [3.63, 3.8) is 0 Å². The number of carbonyl (C=O) groups excluding carboxylic acids is 2. The van der Waals surface area contributed by atoms with Crippen molar-refractivity contribution in [1.82, 2.24) is 9.21 Å². The monoisotopic (exact) mass is 436 g/mol. The molecule has 0 unspecified atom stereocenters. The third-order valence-corrected chi connectivity index (χ3v) is 7.90. The van der Waals surface area contributed by atoms with Crippen LogP contribution in [0.15, 0.2) is 24.3 Å². The number of aryl methyl sites for hydroxylation is 1. The Morgan fingerprint density at radius 2 is 1.67 bits per heavy atom. The second-order valence-electron chi connectivity index (χ2n) is 8.27. The lowest BCUT2D eigenvalue weighted by atomic mass is 9.92. The molecule has 2 aliphatic rings. The molecule has 8 heteroatoms. The van der Waals surface area contributed by atoms with Gasteiger partial charge in [0.05, 0.1) is 18.3 Å². The summed E-state index contributed by atoms with van der Waals surface area (Å²) in [4.78, 5) is 26.6. The topological polar surface area (TPSA) is 84.0 Å². The van der Waals surface area contributed by atoms with Crippen molar-refractivity contribution in [2.45, 2.75) is 45.3 Å². The molecule has 2 fully saturated rings. The van der Waals surface area contributed by atoms with Gasteiger partial charge in [0, 0.05) is 32.1 Å². The van der Waals surface area contributed by atoms with Crippen LogP contribution < -0.4 is 0 Å². The first kappa shape index (κ1) is 22.7. The summed E-state index contributed by atoms with van der Waals surface area (Å²) in [6.45, 7) is 6.01. The molecule has 0 atom stereocenters. The molecule has 0 radical (unpaired) electrons. The molecule has 7 nitrogen and oxygen atoms in total. The number of hydrogen-bond donors (Lipinski definition) is 0. The zero-order valence-electron chi connectivity index (χ0n) is 17.9. The smallest absolute Gasteiger partial charge is 0.309 e. The van der Waals surface area contributed by atoms with E-state index in [-0.39, 0.29) is 29.5 Å². The molecule has 0 aliphatic carbocycles. The van der Waals surface area contributed by atoms with Gasteiger partial charge >= 0.3 is 5.97 Å². The van der Waals surface area contributed by atoms with E-state index in [1.54, 1.807) is 6.92 Å². The van der Waals surface area contributed by atoms with E-state index in [1.807, 2.05) is 36.1 Å². The van der Waals surface area contributed by atoms with Crippen LogP contribution in [0.3, 0.4) is 0 Å². The Labute approximate surface area is 179 Å². The summed E-state index contributed by atoms with van der Waals surface area (Å²) in [7, 11) is -3.39. The third-order valence-electron chi connectivity index (χ3n) is 6.05. The lowest BCUT2D eigenvalue weighted by Crippen LogP contribution is -2.47. The van der Waals surface area contributed by atoms with E-state index in [1.165, 1.54) is 4.31 Å². The number of sulfonamides is 1. The number of benzene rings is 1. The lowest BCUT2D eigenvalue weighted by molar-refractivity contribution is -0.152. The van der Waals surface area contributed by atoms with E-state index < -0.39 is 10.0 Å². The van der Waals surface area contributed by atoms with Crippen molar-refractivity contribution in [2.75, 3.05) is 32.8 Å². The van der Waals surface area contributed by atoms with Gasteiger partial charge in [-0.2, -0.15) is 0 Å². The maximum atomic E-state index is 12.9. The highest BCUT2D eigenvalue weighted by Crippen LogP contribution is 2.26. The van der Waals surface area contributed by atoms with Crippen LogP contribution in [0.4, 0.5) is 0 Å². The standard InChI is InChI=1S/C22H32N2O5S/c1-3-29-22(26)20-7-11-23(12-8-20)21(25)19-9-13-24(14-10-19)30(27,28)16-18-6-4-5-17(2)15-18/h4-6,15,19-20H,3,7-14,16H2,1-2H3. The van der Waals surface area contributed by atoms with Crippen LogP contribution in [0.2, 0.25) is 0 Å². The molecule has 2 saturated heterocycles. The summed E-state index contributed by atoms with van der Waals surface area (Å²) in [5.74, 6) is -0.351. The minimum absolute atomic E-state index is 0.00529.